The molecule has 228 valence electrons. The molecule has 0 radical (unpaired) electrons. The van der Waals surface area contributed by atoms with Gasteiger partial charge in [0.15, 0.2) is 0 Å². The van der Waals surface area contributed by atoms with E-state index in [0.29, 0.717) is 35.8 Å². The van der Waals surface area contributed by atoms with Crippen molar-refractivity contribution in [2.24, 2.45) is 23.7 Å². The molecule has 6 atom stereocenters. The Morgan fingerprint density at radius 2 is 1.80 bits per heavy atom. The van der Waals surface area contributed by atoms with Crippen molar-refractivity contribution in [2.45, 2.75) is 95.7 Å². The predicted octanol–water partition coefficient (Wildman–Crippen LogP) is 4.72. The van der Waals surface area contributed by atoms with Gasteiger partial charge in [-0.05, 0) is 81.0 Å². The van der Waals surface area contributed by atoms with E-state index in [1.807, 2.05) is 0 Å². The van der Waals surface area contributed by atoms with Gasteiger partial charge in [-0.1, -0.05) is 32.6 Å². The van der Waals surface area contributed by atoms with Crippen LogP contribution in [0.4, 0.5) is 13.2 Å². The molecule has 0 amide bonds. The number of aliphatic hydroxyl groups excluding tert-OH is 1. The van der Waals surface area contributed by atoms with Crippen LogP contribution >= 0.6 is 0 Å². The second-order valence-corrected chi connectivity index (χ2v) is 13.6. The Kier molecular flexibility index (Phi) is 8.30. The average Bonchev–Trinajstić information content (AvgIpc) is 3.44. The summed E-state index contributed by atoms with van der Waals surface area (Å²) < 4.78 is 45.9. The van der Waals surface area contributed by atoms with Crippen LogP contribution in [0.1, 0.15) is 81.9 Å². The molecule has 41 heavy (non-hydrogen) atoms. The molecule has 2 aliphatic carbocycles. The van der Waals surface area contributed by atoms with Gasteiger partial charge < -0.3 is 5.11 Å². The van der Waals surface area contributed by atoms with Gasteiger partial charge in [-0.2, -0.15) is 13.2 Å². The minimum Gasteiger partial charge on any atom is -0.395 e. The van der Waals surface area contributed by atoms with Crippen molar-refractivity contribution < 1.29 is 18.3 Å². The largest absolute Gasteiger partial charge is 0.418 e. The van der Waals surface area contributed by atoms with Crippen LogP contribution in [-0.4, -0.2) is 69.4 Å². The van der Waals surface area contributed by atoms with Crippen LogP contribution in [0.5, 0.6) is 0 Å². The van der Waals surface area contributed by atoms with Gasteiger partial charge >= 0.3 is 11.9 Å². The fourth-order valence-electron chi connectivity index (χ4n) is 8.45. The summed E-state index contributed by atoms with van der Waals surface area (Å²) in [7, 11) is 2.12. The van der Waals surface area contributed by atoms with Gasteiger partial charge in [-0.25, -0.2) is 4.79 Å². The van der Waals surface area contributed by atoms with E-state index in [0.717, 1.165) is 58.2 Å². The van der Waals surface area contributed by atoms with Crippen molar-refractivity contribution in [3.8, 4) is 0 Å². The Morgan fingerprint density at radius 1 is 1.05 bits per heavy atom. The monoisotopic (exact) mass is 577 g/mol. The first-order valence-electron chi connectivity index (χ1n) is 15.7. The zero-order valence-corrected chi connectivity index (χ0v) is 24.5. The molecule has 2 aromatic heterocycles. The van der Waals surface area contributed by atoms with E-state index in [9.17, 15) is 23.1 Å². The lowest BCUT2D eigenvalue weighted by molar-refractivity contribution is -0.136. The zero-order valence-electron chi connectivity index (χ0n) is 24.5. The van der Waals surface area contributed by atoms with Gasteiger partial charge in [-0.15, -0.1) is 0 Å². The van der Waals surface area contributed by atoms with Crippen molar-refractivity contribution >= 4 is 5.52 Å². The second kappa shape index (κ2) is 11.7. The van der Waals surface area contributed by atoms with E-state index in [-0.39, 0.29) is 36.1 Å². The van der Waals surface area contributed by atoms with Crippen LogP contribution in [0.2, 0.25) is 0 Å². The van der Waals surface area contributed by atoms with E-state index >= 15 is 0 Å². The summed E-state index contributed by atoms with van der Waals surface area (Å²) in [5, 5.41) is 13.4. The highest BCUT2D eigenvalue weighted by atomic mass is 19.4. The highest BCUT2D eigenvalue weighted by molar-refractivity contribution is 5.56. The molecular weight excluding hydrogens is 531 g/mol. The Hall–Kier alpha value is -1.88. The number of pyridine rings is 1. The maximum absolute atomic E-state index is 14.3. The minimum atomic E-state index is -4.54. The first-order chi connectivity index (χ1) is 19.6. The van der Waals surface area contributed by atoms with Gasteiger partial charge in [0.05, 0.1) is 23.9 Å². The first kappa shape index (κ1) is 29.2. The van der Waals surface area contributed by atoms with Crippen molar-refractivity contribution in [2.75, 3.05) is 33.3 Å². The highest BCUT2D eigenvalue weighted by Crippen LogP contribution is 2.47. The molecule has 0 spiro atoms. The third-order valence-electron chi connectivity index (χ3n) is 10.6. The van der Waals surface area contributed by atoms with E-state index in [1.165, 1.54) is 35.9 Å². The highest BCUT2D eigenvalue weighted by Gasteiger charge is 2.45. The SMILES string of the molecule is C[C@H]1CCCN(Cc2cc(C(F)(F)F)c3cn(C4CCCC([C@H](C5CCC5)C5NC(CO)CN5C)C4)c(=O)n3c2)C1. The molecule has 7 nitrogen and oxygen atoms in total. The molecule has 4 aliphatic rings. The normalized spacial score (nSPS) is 31.5. The smallest absolute Gasteiger partial charge is 0.395 e. The number of aliphatic hydroxyl groups is 1. The van der Waals surface area contributed by atoms with Crippen molar-refractivity contribution in [1.82, 2.24) is 24.1 Å². The number of imidazole rings is 1. The number of hydrogen-bond acceptors (Lipinski definition) is 5. The first-order valence-corrected chi connectivity index (χ1v) is 15.7. The fraction of sp³-hybridized carbons (Fsp3) is 0.774. The second-order valence-electron chi connectivity index (χ2n) is 13.6. The Balaban J connectivity index is 1.30. The standard InChI is InChI=1S/C31H46F3N5O2/c1-20-6-5-11-37(14-20)15-21-12-26(31(32,33)34)27-18-38(30(41)39(27)16-21)25-10-4-9-23(13-25)28(22-7-3-8-22)29-35-24(19-40)17-36(29)2/h12,16,18,20,22-25,28-29,35,40H,3-11,13-15,17,19H2,1-2H3/t20-,23?,24?,25?,28-,29?/m0/s1. The summed E-state index contributed by atoms with van der Waals surface area (Å²) in [4.78, 5) is 18.3. The van der Waals surface area contributed by atoms with E-state index in [2.05, 4.69) is 29.1 Å². The summed E-state index contributed by atoms with van der Waals surface area (Å²) in [6.45, 7) is 5.26. The molecule has 2 N–H and O–H groups in total. The molecule has 4 fully saturated rings. The maximum atomic E-state index is 14.3. The molecule has 0 aromatic carbocycles. The van der Waals surface area contributed by atoms with Crippen molar-refractivity contribution in [1.29, 1.82) is 0 Å². The third kappa shape index (κ3) is 5.86. The molecule has 2 aliphatic heterocycles. The van der Waals surface area contributed by atoms with Gasteiger partial charge in [0.1, 0.15) is 0 Å². The Labute approximate surface area is 240 Å². The summed E-state index contributed by atoms with van der Waals surface area (Å²) in [6, 6.07) is 1.21. The molecule has 10 heteroatoms. The summed E-state index contributed by atoms with van der Waals surface area (Å²) in [6.07, 6.45) is 8.22. The molecule has 6 rings (SSSR count). The Bertz CT molecular complexity index is 1270. The zero-order chi connectivity index (χ0) is 28.9. The molecule has 4 unspecified atom stereocenters. The number of likely N-dealkylation sites (N-methyl/N-ethyl adjacent to an activating group) is 1. The lowest BCUT2D eigenvalue weighted by atomic mass is 9.65. The maximum Gasteiger partial charge on any atom is 0.418 e. The van der Waals surface area contributed by atoms with Gasteiger partial charge in [0.25, 0.3) is 0 Å². The molecule has 4 heterocycles. The van der Waals surface area contributed by atoms with Crippen LogP contribution < -0.4 is 11.0 Å². The predicted molar refractivity (Wildman–Crippen MR) is 153 cm³/mol. The number of hydrogen-bond donors (Lipinski definition) is 2. The quantitative estimate of drug-likeness (QED) is 0.499. The number of aromatic nitrogens is 2. The number of nitrogens with one attached hydrogen (secondary N) is 1. The topological polar surface area (TPSA) is 65.2 Å². The van der Waals surface area contributed by atoms with Crippen LogP contribution in [-0.2, 0) is 12.7 Å². The number of rotatable bonds is 7. The van der Waals surface area contributed by atoms with Crippen molar-refractivity contribution in [3.05, 3.63) is 40.1 Å². The van der Waals surface area contributed by atoms with E-state index in [4.69, 9.17) is 0 Å². The number of nitrogens with zero attached hydrogens (tertiary/aromatic N) is 4. The number of piperidine rings is 1. The van der Waals surface area contributed by atoms with Gasteiger partial charge in [0.2, 0.25) is 0 Å². The molecular formula is C31H46F3N5O2. The number of halogens is 3. The lowest BCUT2D eigenvalue weighted by Gasteiger charge is -2.46. The van der Waals surface area contributed by atoms with Crippen molar-refractivity contribution in [3.63, 3.8) is 0 Å². The number of likely N-dealkylation sites (tertiary alicyclic amines) is 1. The molecule has 0 bridgehead atoms. The molecule has 2 aromatic rings. The van der Waals surface area contributed by atoms with E-state index in [1.54, 1.807) is 10.8 Å². The van der Waals surface area contributed by atoms with Crippen LogP contribution in [0.15, 0.2) is 23.3 Å². The number of fused-ring (bicyclic) bond motifs is 1. The van der Waals surface area contributed by atoms with Crippen LogP contribution in [0.25, 0.3) is 5.52 Å². The van der Waals surface area contributed by atoms with Gasteiger partial charge in [0, 0.05) is 44.1 Å². The Morgan fingerprint density at radius 3 is 2.46 bits per heavy atom. The van der Waals surface area contributed by atoms with E-state index < -0.39 is 11.7 Å². The summed E-state index contributed by atoms with van der Waals surface area (Å²) in [5.41, 5.74) is -0.581. The fourth-order valence-corrected chi connectivity index (χ4v) is 8.45. The van der Waals surface area contributed by atoms with Crippen LogP contribution in [0.3, 0.4) is 0 Å². The number of alkyl halides is 3. The average molecular weight is 578 g/mol. The summed E-state index contributed by atoms with van der Waals surface area (Å²) >= 11 is 0. The third-order valence-corrected chi connectivity index (χ3v) is 10.6. The van der Waals surface area contributed by atoms with Crippen LogP contribution in [0, 0.1) is 23.7 Å². The summed E-state index contributed by atoms with van der Waals surface area (Å²) in [5.74, 6) is 1.92. The molecule has 2 saturated heterocycles. The minimum absolute atomic E-state index is 0.0427. The molecule has 2 saturated carbocycles. The lowest BCUT2D eigenvalue weighted by Crippen LogP contribution is -2.50. The van der Waals surface area contributed by atoms with Gasteiger partial charge in [-0.3, -0.25) is 24.1 Å².